The highest BCUT2D eigenvalue weighted by atomic mass is 19.1. The molecule has 20 heavy (non-hydrogen) atoms. The van der Waals surface area contributed by atoms with Gasteiger partial charge in [0.1, 0.15) is 5.82 Å². The molecule has 4 nitrogen and oxygen atoms in total. The Labute approximate surface area is 118 Å². The highest BCUT2D eigenvalue weighted by molar-refractivity contribution is 5.92. The molecule has 1 fully saturated rings. The van der Waals surface area contributed by atoms with Gasteiger partial charge in [0.25, 0.3) is 0 Å². The molecule has 1 aromatic rings. The molecule has 1 aliphatic rings. The first-order chi connectivity index (χ1) is 9.50. The van der Waals surface area contributed by atoms with Crippen LogP contribution in [0.15, 0.2) is 18.2 Å². The van der Waals surface area contributed by atoms with Crippen LogP contribution in [0.1, 0.15) is 35.7 Å². The monoisotopic (exact) mass is 280 g/mol. The maximum absolute atomic E-state index is 13.7. The zero-order chi connectivity index (χ0) is 14.6. The lowest BCUT2D eigenvalue weighted by Crippen LogP contribution is -2.36. The van der Waals surface area contributed by atoms with Crippen molar-refractivity contribution in [3.63, 3.8) is 0 Å². The van der Waals surface area contributed by atoms with Crippen LogP contribution in [0.5, 0.6) is 0 Å². The number of ether oxygens (including phenoxy) is 1. The third kappa shape index (κ3) is 3.77. The van der Waals surface area contributed by atoms with Gasteiger partial charge in [-0.05, 0) is 36.5 Å². The van der Waals surface area contributed by atoms with E-state index in [-0.39, 0.29) is 11.2 Å². The van der Waals surface area contributed by atoms with Crippen LogP contribution in [0, 0.1) is 11.2 Å². The van der Waals surface area contributed by atoms with Crippen LogP contribution in [-0.2, 0) is 11.3 Å². The van der Waals surface area contributed by atoms with Gasteiger partial charge in [0.05, 0.1) is 0 Å². The highest BCUT2D eigenvalue weighted by Gasteiger charge is 2.26. The first-order valence-corrected chi connectivity index (χ1v) is 6.87. The van der Waals surface area contributed by atoms with Crippen LogP contribution in [0.2, 0.25) is 0 Å². The number of carbonyl (C=O) groups excluding carboxylic acids is 1. The van der Waals surface area contributed by atoms with Gasteiger partial charge >= 0.3 is 0 Å². The van der Waals surface area contributed by atoms with E-state index in [4.69, 9.17) is 10.5 Å². The van der Waals surface area contributed by atoms with E-state index in [2.05, 4.69) is 12.2 Å². The fraction of sp³-hybridized carbons (Fsp3) is 0.533. The van der Waals surface area contributed by atoms with Gasteiger partial charge in [0, 0.05) is 37.4 Å². The number of halogens is 1. The lowest BCUT2D eigenvalue weighted by molar-refractivity contribution is 0.0239. The van der Waals surface area contributed by atoms with Gasteiger partial charge in [0.15, 0.2) is 0 Å². The Balaban J connectivity index is 1.93. The summed E-state index contributed by atoms with van der Waals surface area (Å²) >= 11 is 0. The molecule has 0 atom stereocenters. The molecule has 1 amide bonds. The summed E-state index contributed by atoms with van der Waals surface area (Å²) in [6, 6.07) is 4.20. The van der Waals surface area contributed by atoms with Gasteiger partial charge in [-0.2, -0.15) is 0 Å². The molecule has 0 spiro atoms. The first-order valence-electron chi connectivity index (χ1n) is 6.87. The molecular weight excluding hydrogens is 259 g/mol. The van der Waals surface area contributed by atoms with Crippen molar-refractivity contribution in [1.29, 1.82) is 0 Å². The van der Waals surface area contributed by atoms with Crippen molar-refractivity contribution < 1.29 is 13.9 Å². The number of nitrogens with two attached hydrogens (primary N) is 1. The number of hydrogen-bond acceptors (Lipinski definition) is 3. The Morgan fingerprint density at radius 3 is 2.80 bits per heavy atom. The lowest BCUT2D eigenvalue weighted by Gasteiger charge is -2.33. The van der Waals surface area contributed by atoms with E-state index in [1.165, 1.54) is 18.2 Å². The summed E-state index contributed by atoms with van der Waals surface area (Å²) in [4.78, 5) is 11.1. The fourth-order valence-corrected chi connectivity index (χ4v) is 2.40. The van der Waals surface area contributed by atoms with Crippen LogP contribution < -0.4 is 11.1 Å². The molecule has 1 heterocycles. The molecule has 0 aliphatic carbocycles. The second-order valence-electron chi connectivity index (χ2n) is 5.70. The normalized spacial score (nSPS) is 17.9. The third-order valence-corrected chi connectivity index (χ3v) is 3.90. The summed E-state index contributed by atoms with van der Waals surface area (Å²) < 4.78 is 19.0. The Hall–Kier alpha value is -1.46. The van der Waals surface area contributed by atoms with Gasteiger partial charge < -0.3 is 15.8 Å². The highest BCUT2D eigenvalue weighted by Crippen LogP contribution is 2.28. The minimum absolute atomic E-state index is 0.190. The second kappa shape index (κ2) is 6.33. The van der Waals surface area contributed by atoms with Crippen LogP contribution in [0.4, 0.5) is 4.39 Å². The van der Waals surface area contributed by atoms with Crippen molar-refractivity contribution in [2.75, 3.05) is 19.8 Å². The molecule has 1 saturated heterocycles. The van der Waals surface area contributed by atoms with E-state index in [0.717, 1.165) is 32.6 Å². The van der Waals surface area contributed by atoms with Gasteiger partial charge in [-0.25, -0.2) is 4.39 Å². The molecule has 0 aromatic heterocycles. The summed E-state index contributed by atoms with van der Waals surface area (Å²) in [6.07, 6.45) is 2.01. The molecule has 0 unspecified atom stereocenters. The van der Waals surface area contributed by atoms with Gasteiger partial charge in [0.2, 0.25) is 5.91 Å². The topological polar surface area (TPSA) is 64.3 Å². The van der Waals surface area contributed by atoms with Crippen LogP contribution in [0.25, 0.3) is 0 Å². The van der Waals surface area contributed by atoms with Gasteiger partial charge in [-0.1, -0.05) is 6.92 Å². The summed E-state index contributed by atoms with van der Waals surface area (Å²) in [7, 11) is 0. The zero-order valence-electron chi connectivity index (χ0n) is 11.7. The van der Waals surface area contributed by atoms with Crippen LogP contribution in [-0.4, -0.2) is 25.7 Å². The van der Waals surface area contributed by atoms with Gasteiger partial charge in [-0.15, -0.1) is 0 Å². The van der Waals surface area contributed by atoms with Crippen molar-refractivity contribution in [3.8, 4) is 0 Å². The number of carbonyl (C=O) groups is 1. The molecule has 1 aliphatic heterocycles. The third-order valence-electron chi connectivity index (χ3n) is 3.90. The predicted molar refractivity (Wildman–Crippen MR) is 74.8 cm³/mol. The summed E-state index contributed by atoms with van der Waals surface area (Å²) in [5.74, 6) is -0.859. The average molecular weight is 280 g/mol. The Bertz CT molecular complexity index is 485. The van der Waals surface area contributed by atoms with Crippen LogP contribution >= 0.6 is 0 Å². The van der Waals surface area contributed by atoms with Crippen LogP contribution in [0.3, 0.4) is 0 Å². The van der Waals surface area contributed by atoms with E-state index in [9.17, 15) is 9.18 Å². The molecule has 0 radical (unpaired) electrons. The minimum Gasteiger partial charge on any atom is -0.381 e. The smallest absolute Gasteiger partial charge is 0.248 e. The molecular formula is C15H21FN2O2. The van der Waals surface area contributed by atoms with E-state index in [0.29, 0.717) is 17.7 Å². The Morgan fingerprint density at radius 1 is 1.45 bits per heavy atom. The first kappa shape index (κ1) is 14.9. The van der Waals surface area contributed by atoms with E-state index < -0.39 is 5.91 Å². The van der Waals surface area contributed by atoms with Gasteiger partial charge in [-0.3, -0.25) is 4.79 Å². The number of rotatable bonds is 5. The maximum Gasteiger partial charge on any atom is 0.248 e. The molecule has 0 saturated carbocycles. The Morgan fingerprint density at radius 2 is 2.15 bits per heavy atom. The number of hydrogen-bond donors (Lipinski definition) is 2. The molecule has 3 N–H and O–H groups in total. The summed E-state index contributed by atoms with van der Waals surface area (Å²) in [6.45, 7) is 4.96. The SMILES string of the molecule is CC1(CNCc2cc(C(N)=O)ccc2F)CCOCC1. The van der Waals surface area contributed by atoms with E-state index in [1.807, 2.05) is 0 Å². The largest absolute Gasteiger partial charge is 0.381 e. The van der Waals surface area contributed by atoms with Crippen molar-refractivity contribution in [2.24, 2.45) is 11.1 Å². The lowest BCUT2D eigenvalue weighted by atomic mass is 9.82. The Kier molecular flexibility index (Phi) is 4.73. The molecule has 5 heteroatoms. The number of nitrogens with one attached hydrogen (secondary N) is 1. The summed E-state index contributed by atoms with van der Waals surface area (Å²) in [5.41, 5.74) is 6.20. The zero-order valence-corrected chi connectivity index (χ0v) is 11.7. The standard InChI is InChI=1S/C15H21FN2O2/c1-15(4-6-20-7-5-15)10-18-9-12-8-11(14(17)19)2-3-13(12)16/h2-3,8,18H,4-7,9-10H2,1H3,(H2,17,19). The van der Waals surface area contributed by atoms with E-state index >= 15 is 0 Å². The van der Waals surface area contributed by atoms with Crippen molar-refractivity contribution >= 4 is 5.91 Å². The average Bonchev–Trinajstić information content (AvgIpc) is 2.41. The quantitative estimate of drug-likeness (QED) is 0.865. The minimum atomic E-state index is -0.539. The molecule has 0 bridgehead atoms. The second-order valence-corrected chi connectivity index (χ2v) is 5.70. The van der Waals surface area contributed by atoms with Crippen molar-refractivity contribution in [1.82, 2.24) is 5.32 Å². The number of primary amides is 1. The maximum atomic E-state index is 13.7. The summed E-state index contributed by atoms with van der Waals surface area (Å²) in [5, 5.41) is 3.27. The number of benzene rings is 1. The van der Waals surface area contributed by atoms with E-state index in [1.54, 1.807) is 0 Å². The molecule has 110 valence electrons. The van der Waals surface area contributed by atoms with Crippen molar-refractivity contribution in [3.05, 3.63) is 35.1 Å². The number of amides is 1. The molecule has 2 rings (SSSR count). The van der Waals surface area contributed by atoms with Crippen molar-refractivity contribution in [2.45, 2.75) is 26.3 Å². The molecule has 1 aromatic carbocycles. The fourth-order valence-electron chi connectivity index (χ4n) is 2.40. The predicted octanol–water partition coefficient (Wildman–Crippen LogP) is 1.83.